The first kappa shape index (κ1) is 64.1. The first-order valence-electron chi connectivity index (χ1n) is 31.0. The molecule has 10 rings (SSSR count). The molecule has 4 heterocycles. The van der Waals surface area contributed by atoms with E-state index in [1.54, 1.807) is 0 Å². The predicted octanol–water partition coefficient (Wildman–Crippen LogP) is 15.5. The van der Waals surface area contributed by atoms with Gasteiger partial charge in [-0.1, -0.05) is 148 Å². The zero-order valence-corrected chi connectivity index (χ0v) is 54.9. The van der Waals surface area contributed by atoms with Gasteiger partial charge in [0.25, 0.3) is 0 Å². The van der Waals surface area contributed by atoms with Crippen LogP contribution in [0.3, 0.4) is 0 Å². The van der Waals surface area contributed by atoms with E-state index in [4.69, 9.17) is 27.9 Å². The summed E-state index contributed by atoms with van der Waals surface area (Å²) < 4.78 is 79.7. The van der Waals surface area contributed by atoms with Crippen LogP contribution in [0.2, 0.25) is 0 Å². The Bertz CT molecular complexity index is 3660. The number of nitrogens with zero attached hydrogens (tertiary/aromatic N) is 4. The van der Waals surface area contributed by atoms with Gasteiger partial charge in [-0.15, -0.1) is 0 Å². The molecular weight excluding hydrogens is 1170 g/mol. The van der Waals surface area contributed by atoms with E-state index in [0.29, 0.717) is 65.1 Å². The molecule has 87 heavy (non-hydrogen) atoms. The van der Waals surface area contributed by atoms with Gasteiger partial charge >= 0.3 is 0 Å². The van der Waals surface area contributed by atoms with Crippen molar-refractivity contribution in [3.8, 4) is 0 Å². The maximum atomic E-state index is 11.4. The van der Waals surface area contributed by atoms with Crippen molar-refractivity contribution in [1.29, 1.82) is 0 Å². The lowest BCUT2D eigenvalue weighted by molar-refractivity contribution is -0.438. The molecule has 0 radical (unpaired) electrons. The minimum Gasteiger partial charge on any atom is -0.748 e. The van der Waals surface area contributed by atoms with E-state index in [2.05, 4.69) is 208 Å². The van der Waals surface area contributed by atoms with Gasteiger partial charge in [0.15, 0.2) is 11.4 Å². The van der Waals surface area contributed by atoms with Gasteiger partial charge in [-0.25, -0.2) is 16.8 Å². The van der Waals surface area contributed by atoms with Gasteiger partial charge in [-0.05, 0) is 137 Å². The van der Waals surface area contributed by atoms with Crippen molar-refractivity contribution >= 4 is 77.6 Å². The second-order valence-corrected chi connectivity index (χ2v) is 29.8. The smallest absolute Gasteiger partial charge is 0.209 e. The summed E-state index contributed by atoms with van der Waals surface area (Å²) in [4.78, 5) is 4.83. The minimum absolute atomic E-state index is 0.273. The minimum atomic E-state index is -4.28. The first-order chi connectivity index (χ1) is 41.3. The van der Waals surface area contributed by atoms with E-state index < -0.39 is 20.2 Å². The highest BCUT2D eigenvalue weighted by molar-refractivity contribution is 7.85. The fourth-order valence-electron chi connectivity index (χ4n) is 14.2. The van der Waals surface area contributed by atoms with Crippen molar-refractivity contribution in [3.05, 3.63) is 212 Å². The normalized spacial score (nSPS) is 21.5. The fraction of sp³-hybridized carbons (Fsp3) is 0.417. The van der Waals surface area contributed by atoms with Gasteiger partial charge in [0.2, 0.25) is 11.4 Å². The Labute approximate surface area is 527 Å². The fourth-order valence-corrected chi connectivity index (χ4v) is 15.9. The van der Waals surface area contributed by atoms with Crippen LogP contribution in [-0.4, -0.2) is 97.4 Å². The van der Waals surface area contributed by atoms with E-state index in [1.165, 1.54) is 45.0 Å². The number of hydrogen-bond donors (Lipinski definition) is 0. The third-order valence-corrected chi connectivity index (χ3v) is 21.4. The van der Waals surface area contributed by atoms with Gasteiger partial charge in [-0.3, -0.25) is 0 Å². The molecule has 0 spiro atoms. The number of benzene rings is 4. The summed E-state index contributed by atoms with van der Waals surface area (Å²) >= 11 is 14.8. The van der Waals surface area contributed by atoms with Crippen molar-refractivity contribution in [1.82, 2.24) is 0 Å². The number of anilines is 2. The molecule has 11 nitrogen and oxygen atoms in total. The van der Waals surface area contributed by atoms with Crippen LogP contribution in [0.1, 0.15) is 142 Å². The molecule has 4 aliphatic heterocycles. The van der Waals surface area contributed by atoms with Crippen LogP contribution in [0, 0.1) is 0 Å². The van der Waals surface area contributed by atoms with E-state index in [1.807, 2.05) is 12.1 Å². The zero-order valence-electron chi connectivity index (χ0n) is 51.8. The highest BCUT2D eigenvalue weighted by atomic mass is 35.5. The number of allylic oxidation sites excluding steroid dienone is 16. The molecule has 2 aliphatic carbocycles. The average molecular weight is 1250 g/mol. The summed E-state index contributed by atoms with van der Waals surface area (Å²) in [5.41, 5.74) is 17.4. The summed E-state index contributed by atoms with van der Waals surface area (Å²) in [5.74, 6) is -0.726. The number of ether oxygens (including phenoxy) is 1. The summed E-state index contributed by atoms with van der Waals surface area (Å²) in [6.45, 7) is 21.7. The lowest BCUT2D eigenvalue weighted by Crippen LogP contribution is -2.31. The molecule has 4 aromatic rings. The Morgan fingerprint density at radius 2 is 0.851 bits per heavy atom. The molecule has 6 aliphatic rings. The summed E-state index contributed by atoms with van der Waals surface area (Å²) in [5, 5.41) is 1.55. The molecule has 0 saturated heterocycles. The Morgan fingerprint density at radius 1 is 0.483 bits per heavy atom. The molecule has 4 aromatic carbocycles. The van der Waals surface area contributed by atoms with Crippen LogP contribution in [0.25, 0.3) is 0 Å². The van der Waals surface area contributed by atoms with Crippen molar-refractivity contribution < 1.29 is 39.8 Å². The number of fused-ring (bicyclic) bond motifs is 4. The van der Waals surface area contributed by atoms with Crippen molar-refractivity contribution in [2.75, 3.05) is 60.7 Å². The van der Waals surface area contributed by atoms with Gasteiger partial charge < -0.3 is 23.6 Å². The van der Waals surface area contributed by atoms with E-state index in [0.717, 1.165) is 93.7 Å². The van der Waals surface area contributed by atoms with Crippen molar-refractivity contribution in [3.63, 3.8) is 0 Å². The molecule has 0 N–H and O–H groups in total. The number of rotatable bonds is 22. The van der Waals surface area contributed by atoms with Crippen molar-refractivity contribution in [2.24, 2.45) is 0 Å². The SMILES string of the molecule is CC1(C)C(/C=C/C2=C(Cl)C(=C\C=C3/N(CCOCCN4/C(=C/C=C5/CCCC(/C=C/C6=[N+](CCCCS(=O)(=O)[O-])c7ccccc7C6(C)C)=C5Cl)C(C)(C)c5ccccc54)c4ccccc4C3(C)C)/CCC2)=[N+](CCCCS(=O)(=O)[O-])c2ccccc21. The number of hydrogen-bond acceptors (Lipinski definition) is 9. The zero-order chi connectivity index (χ0) is 62.1. The van der Waals surface area contributed by atoms with Crippen LogP contribution in [0.15, 0.2) is 189 Å². The molecule has 0 fully saturated rings. The van der Waals surface area contributed by atoms with Gasteiger partial charge in [0.05, 0.1) is 44.3 Å². The van der Waals surface area contributed by atoms with Crippen LogP contribution in [-0.2, 0) is 46.6 Å². The molecule has 0 amide bonds. The highest BCUT2D eigenvalue weighted by Gasteiger charge is 2.46. The lowest BCUT2D eigenvalue weighted by atomic mass is 9.81. The topological polar surface area (TPSA) is 136 Å². The monoisotopic (exact) mass is 1250 g/mol. The van der Waals surface area contributed by atoms with Gasteiger partial charge in [0.1, 0.15) is 13.1 Å². The molecule has 0 saturated carbocycles. The summed E-state index contributed by atoms with van der Waals surface area (Å²) in [7, 11) is -8.55. The maximum absolute atomic E-state index is 11.4. The van der Waals surface area contributed by atoms with Gasteiger partial charge in [-0.2, -0.15) is 9.15 Å². The lowest BCUT2D eigenvalue weighted by Gasteiger charge is -2.28. The Morgan fingerprint density at radius 3 is 1.24 bits per heavy atom. The molecule has 0 atom stereocenters. The van der Waals surface area contributed by atoms with Gasteiger partial charge in [0, 0.05) is 117 Å². The Kier molecular flexibility index (Phi) is 19.1. The second-order valence-electron chi connectivity index (χ2n) is 26.0. The first-order valence-corrected chi connectivity index (χ1v) is 34.9. The Hall–Kier alpha value is -5.90. The molecule has 0 aromatic heterocycles. The predicted molar refractivity (Wildman–Crippen MR) is 355 cm³/mol. The highest BCUT2D eigenvalue weighted by Crippen LogP contribution is 2.50. The number of halogens is 2. The average Bonchev–Trinajstić information content (AvgIpc) is 1.73. The standard InChI is InChI=1S/C72H84Cl2N4O7S2/c1-69(2)55-27-9-13-31-59(55)75(43-17-19-49-86(79,80)81)63(69)39-35-51-23-21-25-53(67(51)73)37-41-65-71(5,6)57-29-11-15-33-61(57)77(65)45-47-85-48-46-78-62-34-16-12-30-58(62)72(7,8)66(78)42-38-54-26-22-24-52(68(54)74)36-40-64-70(3,4)56-28-10-14-32-60(56)76(64)44-18-20-50-87(82,83)84/h9-16,27-42H,17-26,43-50H2,1-8H3. The second kappa shape index (κ2) is 25.9. The van der Waals surface area contributed by atoms with Crippen LogP contribution >= 0.6 is 23.2 Å². The van der Waals surface area contributed by atoms with E-state index in [-0.39, 0.29) is 33.2 Å². The maximum Gasteiger partial charge on any atom is 0.209 e. The largest absolute Gasteiger partial charge is 0.748 e. The molecule has 460 valence electrons. The van der Waals surface area contributed by atoms with E-state index in [9.17, 15) is 25.9 Å². The van der Waals surface area contributed by atoms with Crippen LogP contribution in [0.5, 0.6) is 0 Å². The number of unbranched alkanes of at least 4 members (excludes halogenated alkanes) is 2. The summed E-state index contributed by atoms with van der Waals surface area (Å²) in [6.07, 6.45) is 24.9. The quantitative estimate of drug-likeness (QED) is 0.0428. The molecule has 15 heteroatoms. The van der Waals surface area contributed by atoms with Crippen molar-refractivity contribution in [2.45, 2.75) is 141 Å². The molecular formula is C72H84Cl2N4O7S2. The van der Waals surface area contributed by atoms with Crippen LogP contribution in [0.4, 0.5) is 22.7 Å². The van der Waals surface area contributed by atoms with Crippen LogP contribution < -0.4 is 9.80 Å². The Balaban J connectivity index is 0.848. The number of para-hydroxylation sites is 4. The molecule has 0 unspecified atom stereocenters. The van der Waals surface area contributed by atoms with E-state index >= 15 is 0 Å². The molecule has 0 bridgehead atoms. The third-order valence-electron chi connectivity index (χ3n) is 18.8. The third kappa shape index (κ3) is 13.5. The summed E-state index contributed by atoms with van der Waals surface area (Å²) in [6, 6.07) is 34.1.